The predicted octanol–water partition coefficient (Wildman–Crippen LogP) is 5.80. The van der Waals surface area contributed by atoms with E-state index in [1.165, 1.54) is 56.5 Å². The summed E-state index contributed by atoms with van der Waals surface area (Å²) in [6.45, 7) is 4.06. The molecule has 1 fully saturated rings. The summed E-state index contributed by atoms with van der Waals surface area (Å²) in [4.78, 5) is 11.1. The van der Waals surface area contributed by atoms with Gasteiger partial charge in [-0.1, -0.05) is 67.5 Å². The third-order valence-corrected chi connectivity index (χ3v) is 5.52. The Morgan fingerprint density at radius 2 is 1.36 bits per heavy atom. The van der Waals surface area contributed by atoms with E-state index in [0.29, 0.717) is 6.42 Å². The Kier molecular flexibility index (Phi) is 12.3. The van der Waals surface area contributed by atoms with E-state index >= 15 is 0 Å². The van der Waals surface area contributed by atoms with Crippen LogP contribution < -0.4 is 0 Å². The number of ether oxygens (including phenoxy) is 3. The minimum Gasteiger partial charge on any atom is -0.469 e. The molecule has 0 aromatic carbocycles. The highest BCUT2D eigenvalue weighted by atomic mass is 127. The second kappa shape index (κ2) is 13.3. The smallest absolute Gasteiger partial charge is 0.305 e. The van der Waals surface area contributed by atoms with Crippen molar-refractivity contribution in [2.45, 2.75) is 109 Å². The molecular weight excluding hydrogens is 431 g/mol. The molecule has 1 aliphatic rings. The normalized spacial score (nSPS) is 22.2. The first-order chi connectivity index (χ1) is 12.0. The average molecular weight is 468 g/mol. The summed E-state index contributed by atoms with van der Waals surface area (Å²) in [7, 11) is 1.45. The van der Waals surface area contributed by atoms with Crippen LogP contribution in [-0.2, 0) is 19.0 Å². The third kappa shape index (κ3) is 10.8. The van der Waals surface area contributed by atoms with Gasteiger partial charge in [0.05, 0.1) is 19.3 Å². The zero-order valence-electron chi connectivity index (χ0n) is 16.4. The van der Waals surface area contributed by atoms with Crippen LogP contribution >= 0.6 is 22.6 Å². The number of methoxy groups -OCH3 is 1. The van der Waals surface area contributed by atoms with E-state index in [2.05, 4.69) is 27.3 Å². The van der Waals surface area contributed by atoms with Gasteiger partial charge in [-0.2, -0.15) is 0 Å². The highest BCUT2D eigenvalue weighted by Gasteiger charge is 2.40. The van der Waals surface area contributed by atoms with Crippen LogP contribution in [-0.4, -0.2) is 35.5 Å². The van der Waals surface area contributed by atoms with Crippen LogP contribution in [0.5, 0.6) is 0 Å². The van der Waals surface area contributed by atoms with Gasteiger partial charge in [-0.15, -0.1) is 0 Å². The molecule has 0 radical (unpaired) electrons. The summed E-state index contributed by atoms with van der Waals surface area (Å²) in [6, 6.07) is 0. The van der Waals surface area contributed by atoms with E-state index in [0.717, 1.165) is 25.7 Å². The SMILES string of the molecule is COC(=O)CCCCCCC[C@H]1OC(C)(C)O[C@H]1CCCCCCI. The van der Waals surface area contributed by atoms with Crippen molar-refractivity contribution in [3.8, 4) is 0 Å². The number of halogens is 1. The van der Waals surface area contributed by atoms with Crippen LogP contribution in [0.4, 0.5) is 0 Å². The molecule has 4 nitrogen and oxygen atoms in total. The fourth-order valence-electron chi connectivity index (χ4n) is 3.44. The number of esters is 1. The Morgan fingerprint density at radius 3 is 1.88 bits per heavy atom. The first kappa shape index (κ1) is 23.2. The number of rotatable bonds is 14. The first-order valence-electron chi connectivity index (χ1n) is 9.97. The molecule has 5 heteroatoms. The van der Waals surface area contributed by atoms with Crippen LogP contribution in [0.2, 0.25) is 0 Å². The standard InChI is InChI=1S/C20H37IO4/c1-20(2)24-17(18(25-20)14-10-7-8-12-16-21)13-9-5-4-6-11-15-19(22)23-3/h17-18H,4-16H2,1-3H3/t17-,18+/m1/s1. The van der Waals surface area contributed by atoms with E-state index < -0.39 is 5.79 Å². The highest BCUT2D eigenvalue weighted by Crippen LogP contribution is 2.33. The Balaban J connectivity index is 2.15. The molecule has 1 saturated heterocycles. The summed E-state index contributed by atoms with van der Waals surface area (Å²) in [5, 5.41) is 0. The highest BCUT2D eigenvalue weighted by molar-refractivity contribution is 14.1. The summed E-state index contributed by atoms with van der Waals surface area (Å²) in [6.07, 6.45) is 14.0. The molecule has 148 valence electrons. The van der Waals surface area contributed by atoms with Gasteiger partial charge in [-0.3, -0.25) is 4.79 Å². The van der Waals surface area contributed by atoms with Gasteiger partial charge in [0.1, 0.15) is 0 Å². The van der Waals surface area contributed by atoms with Crippen molar-refractivity contribution in [2.24, 2.45) is 0 Å². The lowest BCUT2D eigenvalue weighted by atomic mass is 10.00. The van der Waals surface area contributed by atoms with Gasteiger partial charge >= 0.3 is 5.97 Å². The topological polar surface area (TPSA) is 44.8 Å². The van der Waals surface area contributed by atoms with Gasteiger partial charge in [0, 0.05) is 6.42 Å². The number of hydrogen-bond donors (Lipinski definition) is 0. The molecule has 0 aromatic rings. The average Bonchev–Trinajstić information content (AvgIpc) is 2.87. The van der Waals surface area contributed by atoms with Gasteiger partial charge in [0.2, 0.25) is 0 Å². The van der Waals surface area contributed by atoms with Crippen molar-refractivity contribution in [1.82, 2.24) is 0 Å². The Hall–Kier alpha value is 0.120. The third-order valence-electron chi connectivity index (χ3n) is 4.75. The molecule has 0 bridgehead atoms. The van der Waals surface area contributed by atoms with E-state index in [1.807, 2.05) is 13.8 Å². The molecule has 2 atom stereocenters. The molecule has 0 spiro atoms. The maximum atomic E-state index is 11.1. The molecular formula is C20H37IO4. The molecule has 25 heavy (non-hydrogen) atoms. The quantitative estimate of drug-likeness (QED) is 0.140. The number of alkyl halides is 1. The zero-order valence-corrected chi connectivity index (χ0v) is 18.5. The van der Waals surface area contributed by atoms with Gasteiger partial charge in [0.25, 0.3) is 0 Å². The van der Waals surface area contributed by atoms with E-state index in [1.54, 1.807) is 0 Å². The second-order valence-electron chi connectivity index (χ2n) is 7.49. The fraction of sp³-hybridized carbons (Fsp3) is 0.950. The van der Waals surface area contributed by atoms with Crippen molar-refractivity contribution < 1.29 is 19.0 Å². The Morgan fingerprint density at radius 1 is 0.880 bits per heavy atom. The van der Waals surface area contributed by atoms with Crippen molar-refractivity contribution in [3.05, 3.63) is 0 Å². The number of hydrogen-bond acceptors (Lipinski definition) is 4. The molecule has 0 aliphatic carbocycles. The van der Waals surface area contributed by atoms with Gasteiger partial charge in [-0.25, -0.2) is 0 Å². The number of unbranched alkanes of at least 4 members (excludes halogenated alkanes) is 7. The Labute approximate surface area is 167 Å². The summed E-state index contributed by atoms with van der Waals surface area (Å²) >= 11 is 2.45. The molecule has 0 aromatic heterocycles. The maximum Gasteiger partial charge on any atom is 0.305 e. The van der Waals surface area contributed by atoms with E-state index in [4.69, 9.17) is 9.47 Å². The van der Waals surface area contributed by atoms with Crippen LogP contribution in [0.15, 0.2) is 0 Å². The van der Waals surface area contributed by atoms with Crippen LogP contribution in [0, 0.1) is 0 Å². The predicted molar refractivity (Wildman–Crippen MR) is 110 cm³/mol. The second-order valence-corrected chi connectivity index (χ2v) is 8.57. The van der Waals surface area contributed by atoms with Crippen LogP contribution in [0.1, 0.15) is 90.9 Å². The van der Waals surface area contributed by atoms with Gasteiger partial charge in [-0.05, 0) is 44.0 Å². The van der Waals surface area contributed by atoms with Crippen LogP contribution in [0.3, 0.4) is 0 Å². The van der Waals surface area contributed by atoms with E-state index in [9.17, 15) is 4.79 Å². The number of carbonyl (C=O) groups excluding carboxylic acids is 1. The van der Waals surface area contributed by atoms with Gasteiger partial charge in [0.15, 0.2) is 5.79 Å². The zero-order chi connectivity index (χ0) is 18.5. The van der Waals surface area contributed by atoms with Crippen molar-refractivity contribution in [2.75, 3.05) is 11.5 Å². The molecule has 1 rings (SSSR count). The molecule has 0 unspecified atom stereocenters. The lowest BCUT2D eigenvalue weighted by Gasteiger charge is -2.16. The lowest BCUT2D eigenvalue weighted by molar-refractivity contribution is -0.147. The van der Waals surface area contributed by atoms with Crippen molar-refractivity contribution >= 4 is 28.6 Å². The molecule has 1 aliphatic heterocycles. The summed E-state index contributed by atoms with van der Waals surface area (Å²) < 4.78 is 18.2. The van der Waals surface area contributed by atoms with Crippen molar-refractivity contribution in [3.63, 3.8) is 0 Å². The Bertz CT molecular complexity index is 360. The van der Waals surface area contributed by atoms with Crippen molar-refractivity contribution in [1.29, 1.82) is 0 Å². The maximum absolute atomic E-state index is 11.1. The monoisotopic (exact) mass is 468 g/mol. The largest absolute Gasteiger partial charge is 0.469 e. The summed E-state index contributed by atoms with van der Waals surface area (Å²) in [5.41, 5.74) is 0. The fourth-order valence-corrected chi connectivity index (χ4v) is 3.98. The minimum absolute atomic E-state index is 0.0972. The lowest BCUT2D eigenvalue weighted by Crippen LogP contribution is -2.22. The molecule has 0 amide bonds. The van der Waals surface area contributed by atoms with E-state index in [-0.39, 0.29) is 18.2 Å². The summed E-state index contributed by atoms with van der Waals surface area (Å²) in [5.74, 6) is -0.530. The van der Waals surface area contributed by atoms with Crippen LogP contribution in [0.25, 0.3) is 0 Å². The molecule has 0 saturated carbocycles. The minimum atomic E-state index is -0.432. The molecule has 0 N–H and O–H groups in total. The van der Waals surface area contributed by atoms with Gasteiger partial charge < -0.3 is 14.2 Å². The first-order valence-corrected chi connectivity index (χ1v) is 11.5. The molecule has 1 heterocycles. The number of carbonyl (C=O) groups is 1.